The molecule has 0 spiro atoms. The number of amides is 1. The minimum absolute atomic E-state index is 0.157. The summed E-state index contributed by atoms with van der Waals surface area (Å²) in [6.45, 7) is 5.85. The molecule has 1 saturated heterocycles. The van der Waals surface area contributed by atoms with Gasteiger partial charge in [0.15, 0.2) is 0 Å². The quantitative estimate of drug-likeness (QED) is 0.903. The molecule has 6 heteroatoms. The number of rotatable bonds is 2. The summed E-state index contributed by atoms with van der Waals surface area (Å²) < 4.78 is 5.31. The van der Waals surface area contributed by atoms with Crippen molar-refractivity contribution in [1.82, 2.24) is 9.88 Å². The average Bonchev–Trinajstić information content (AvgIpc) is 2.83. The van der Waals surface area contributed by atoms with Crippen molar-refractivity contribution in [1.29, 1.82) is 0 Å². The van der Waals surface area contributed by atoms with Gasteiger partial charge in [0, 0.05) is 31.4 Å². The number of carboxylic acid groups (broad SMARTS) is 1. The van der Waals surface area contributed by atoms with Gasteiger partial charge in [0.25, 0.3) is 0 Å². The van der Waals surface area contributed by atoms with E-state index in [1.54, 1.807) is 39.2 Å². The standard InChI is InChI=1S/C15H20N2O4/c1-15(2,3)21-14(20)17-8-11(12(9-17)13(18)19)10-5-4-6-16-7-10/h4-7,11-12H,8-9H2,1-3H3,(H,18,19)/t11-,12+/m1/s1. The summed E-state index contributed by atoms with van der Waals surface area (Å²) in [5.41, 5.74) is 0.235. The predicted octanol–water partition coefficient (Wildman–Crippen LogP) is 2.12. The van der Waals surface area contributed by atoms with Crippen LogP contribution >= 0.6 is 0 Å². The fraction of sp³-hybridized carbons (Fsp3) is 0.533. The van der Waals surface area contributed by atoms with Crippen molar-refractivity contribution in [2.75, 3.05) is 13.1 Å². The number of ether oxygens (including phenoxy) is 1. The van der Waals surface area contributed by atoms with Crippen molar-refractivity contribution >= 4 is 12.1 Å². The molecule has 114 valence electrons. The molecule has 2 rings (SSSR count). The number of aromatic nitrogens is 1. The molecule has 2 atom stereocenters. The van der Waals surface area contributed by atoms with Crippen molar-refractivity contribution < 1.29 is 19.4 Å². The second-order valence-electron chi connectivity index (χ2n) is 6.22. The van der Waals surface area contributed by atoms with Gasteiger partial charge in [-0.3, -0.25) is 9.78 Å². The maximum absolute atomic E-state index is 12.1. The molecular weight excluding hydrogens is 272 g/mol. The lowest BCUT2D eigenvalue weighted by molar-refractivity contribution is -0.141. The first kappa shape index (κ1) is 15.3. The largest absolute Gasteiger partial charge is 0.481 e. The Bertz CT molecular complexity index is 524. The number of hydrogen-bond acceptors (Lipinski definition) is 4. The van der Waals surface area contributed by atoms with Crippen LogP contribution in [0.15, 0.2) is 24.5 Å². The van der Waals surface area contributed by atoms with Crippen LogP contribution in [0, 0.1) is 5.92 Å². The molecule has 2 heterocycles. The summed E-state index contributed by atoms with van der Waals surface area (Å²) >= 11 is 0. The fourth-order valence-corrected chi connectivity index (χ4v) is 2.46. The number of carbonyl (C=O) groups excluding carboxylic acids is 1. The molecule has 1 fully saturated rings. The van der Waals surface area contributed by atoms with E-state index in [1.165, 1.54) is 4.90 Å². The normalized spacial score (nSPS) is 22.1. The minimum Gasteiger partial charge on any atom is -0.481 e. The van der Waals surface area contributed by atoms with E-state index in [-0.39, 0.29) is 12.5 Å². The lowest BCUT2D eigenvalue weighted by atomic mass is 9.90. The van der Waals surface area contributed by atoms with E-state index in [0.29, 0.717) is 6.54 Å². The average molecular weight is 292 g/mol. The number of aliphatic carboxylic acids is 1. The second kappa shape index (κ2) is 5.71. The fourth-order valence-electron chi connectivity index (χ4n) is 2.46. The third-order valence-electron chi connectivity index (χ3n) is 3.40. The van der Waals surface area contributed by atoms with Gasteiger partial charge in [-0.25, -0.2) is 4.79 Å². The lowest BCUT2D eigenvalue weighted by Gasteiger charge is -2.24. The van der Waals surface area contributed by atoms with Crippen LogP contribution in [0.5, 0.6) is 0 Å². The Kier molecular flexibility index (Phi) is 4.16. The van der Waals surface area contributed by atoms with E-state index in [0.717, 1.165) is 5.56 Å². The van der Waals surface area contributed by atoms with E-state index in [1.807, 2.05) is 6.07 Å². The molecular formula is C15H20N2O4. The summed E-state index contributed by atoms with van der Waals surface area (Å²) in [4.78, 5) is 29.0. The highest BCUT2D eigenvalue weighted by Gasteiger charge is 2.41. The summed E-state index contributed by atoms with van der Waals surface area (Å²) in [6, 6.07) is 3.61. The van der Waals surface area contributed by atoms with Crippen molar-refractivity contribution in [3.8, 4) is 0 Å². The van der Waals surface area contributed by atoms with Crippen LogP contribution in [0.3, 0.4) is 0 Å². The monoisotopic (exact) mass is 292 g/mol. The maximum atomic E-state index is 12.1. The SMILES string of the molecule is CC(C)(C)OC(=O)N1C[C@H](C(=O)O)[C@@H](c2cccnc2)C1. The number of carbonyl (C=O) groups is 2. The molecule has 0 aromatic carbocycles. The van der Waals surface area contributed by atoms with E-state index in [4.69, 9.17) is 4.74 Å². The Morgan fingerprint density at radius 3 is 2.62 bits per heavy atom. The van der Waals surface area contributed by atoms with E-state index < -0.39 is 23.6 Å². The molecule has 1 aliphatic heterocycles. The molecule has 0 radical (unpaired) electrons. The van der Waals surface area contributed by atoms with Crippen LogP contribution in [-0.4, -0.2) is 45.7 Å². The molecule has 0 bridgehead atoms. The van der Waals surface area contributed by atoms with Gasteiger partial charge in [-0.05, 0) is 32.4 Å². The van der Waals surface area contributed by atoms with Gasteiger partial charge in [-0.1, -0.05) is 6.07 Å². The summed E-state index contributed by atoms with van der Waals surface area (Å²) in [5.74, 6) is -1.81. The maximum Gasteiger partial charge on any atom is 0.410 e. The molecule has 1 amide bonds. The molecule has 1 aliphatic rings. The van der Waals surface area contributed by atoms with E-state index >= 15 is 0 Å². The number of likely N-dealkylation sites (tertiary alicyclic amines) is 1. The highest BCUT2D eigenvalue weighted by atomic mass is 16.6. The van der Waals surface area contributed by atoms with Crippen molar-refractivity contribution in [3.63, 3.8) is 0 Å². The Morgan fingerprint density at radius 1 is 1.38 bits per heavy atom. The smallest absolute Gasteiger partial charge is 0.410 e. The van der Waals surface area contributed by atoms with E-state index in [2.05, 4.69) is 4.98 Å². The van der Waals surface area contributed by atoms with Gasteiger partial charge in [-0.2, -0.15) is 0 Å². The topological polar surface area (TPSA) is 79.7 Å². The number of hydrogen-bond donors (Lipinski definition) is 1. The van der Waals surface area contributed by atoms with Crippen molar-refractivity contribution in [2.24, 2.45) is 5.92 Å². The van der Waals surface area contributed by atoms with Crippen LogP contribution in [0.4, 0.5) is 4.79 Å². The molecule has 1 aromatic heterocycles. The van der Waals surface area contributed by atoms with Gasteiger partial charge < -0.3 is 14.7 Å². The molecule has 1 aromatic rings. The third-order valence-corrected chi connectivity index (χ3v) is 3.40. The summed E-state index contributed by atoms with van der Waals surface area (Å²) in [6.07, 6.45) is 2.82. The van der Waals surface area contributed by atoms with Gasteiger partial charge in [0.05, 0.1) is 5.92 Å². The van der Waals surface area contributed by atoms with Crippen LogP contribution in [-0.2, 0) is 9.53 Å². The third kappa shape index (κ3) is 3.71. The Labute approximate surface area is 123 Å². The number of carboxylic acids is 1. The Balaban J connectivity index is 2.16. The van der Waals surface area contributed by atoms with Crippen molar-refractivity contribution in [2.45, 2.75) is 32.3 Å². The first-order valence-corrected chi connectivity index (χ1v) is 6.88. The van der Waals surface area contributed by atoms with Gasteiger partial charge in [0.1, 0.15) is 5.60 Å². The zero-order valence-electron chi connectivity index (χ0n) is 12.4. The molecule has 1 N–H and O–H groups in total. The lowest BCUT2D eigenvalue weighted by Crippen LogP contribution is -2.35. The molecule has 21 heavy (non-hydrogen) atoms. The van der Waals surface area contributed by atoms with Gasteiger partial charge in [-0.15, -0.1) is 0 Å². The Morgan fingerprint density at radius 2 is 2.10 bits per heavy atom. The highest BCUT2D eigenvalue weighted by molar-refractivity contribution is 5.75. The van der Waals surface area contributed by atoms with Crippen LogP contribution in [0.25, 0.3) is 0 Å². The van der Waals surface area contributed by atoms with Crippen LogP contribution in [0.1, 0.15) is 32.3 Å². The Hall–Kier alpha value is -2.11. The molecule has 0 aliphatic carbocycles. The second-order valence-corrected chi connectivity index (χ2v) is 6.22. The van der Waals surface area contributed by atoms with Crippen molar-refractivity contribution in [3.05, 3.63) is 30.1 Å². The first-order chi connectivity index (χ1) is 9.78. The molecule has 0 unspecified atom stereocenters. The number of nitrogens with zero attached hydrogens (tertiary/aromatic N) is 2. The van der Waals surface area contributed by atoms with E-state index in [9.17, 15) is 14.7 Å². The molecule has 6 nitrogen and oxygen atoms in total. The zero-order chi connectivity index (χ0) is 15.6. The van der Waals surface area contributed by atoms with Gasteiger partial charge >= 0.3 is 12.1 Å². The summed E-state index contributed by atoms with van der Waals surface area (Å²) in [7, 11) is 0. The highest BCUT2D eigenvalue weighted by Crippen LogP contribution is 2.33. The summed E-state index contributed by atoms with van der Waals surface area (Å²) in [5, 5.41) is 9.38. The zero-order valence-corrected chi connectivity index (χ0v) is 12.4. The predicted molar refractivity (Wildman–Crippen MR) is 75.9 cm³/mol. The van der Waals surface area contributed by atoms with Crippen LogP contribution in [0.2, 0.25) is 0 Å². The molecule has 0 saturated carbocycles. The first-order valence-electron chi connectivity index (χ1n) is 6.88. The number of pyridine rings is 1. The van der Waals surface area contributed by atoms with Crippen LogP contribution < -0.4 is 0 Å². The minimum atomic E-state index is -0.907. The van der Waals surface area contributed by atoms with Gasteiger partial charge in [0.2, 0.25) is 0 Å².